The molecule has 1 saturated carbocycles. The van der Waals surface area contributed by atoms with E-state index in [1.54, 1.807) is 0 Å². The Morgan fingerprint density at radius 3 is 2.47 bits per heavy atom. The van der Waals surface area contributed by atoms with Crippen molar-refractivity contribution in [3.05, 3.63) is 30.3 Å². The lowest BCUT2D eigenvalue weighted by atomic mass is 9.88. The minimum atomic E-state index is -0.451. The van der Waals surface area contributed by atoms with Gasteiger partial charge in [-0.2, -0.15) is 0 Å². The molecule has 0 heterocycles. The molecule has 0 unspecified atom stereocenters. The van der Waals surface area contributed by atoms with Crippen LogP contribution in [0.1, 0.15) is 40.0 Å². The molecule has 0 bridgehead atoms. The van der Waals surface area contributed by atoms with Crippen molar-refractivity contribution in [1.82, 2.24) is 5.32 Å². The van der Waals surface area contributed by atoms with Crippen molar-refractivity contribution >= 4 is 0 Å². The Balaban J connectivity index is 1.98. The summed E-state index contributed by atoms with van der Waals surface area (Å²) in [5.41, 5.74) is 0.0142. The molecule has 0 amide bonds. The van der Waals surface area contributed by atoms with Gasteiger partial charge in [0.2, 0.25) is 0 Å². The van der Waals surface area contributed by atoms with E-state index in [4.69, 9.17) is 4.74 Å². The maximum Gasteiger partial charge on any atom is 0.126 e. The summed E-state index contributed by atoms with van der Waals surface area (Å²) < 4.78 is 5.92. The van der Waals surface area contributed by atoms with Crippen LogP contribution < -0.4 is 10.1 Å². The number of hydrogen-bond donors (Lipinski definition) is 2. The van der Waals surface area contributed by atoms with Gasteiger partial charge in [-0.15, -0.1) is 0 Å². The van der Waals surface area contributed by atoms with Crippen LogP contribution in [-0.2, 0) is 0 Å². The molecule has 3 heteroatoms. The highest BCUT2D eigenvalue weighted by molar-refractivity contribution is 5.21. The van der Waals surface area contributed by atoms with Gasteiger partial charge in [0.05, 0.1) is 0 Å². The third kappa shape index (κ3) is 4.22. The first-order valence-corrected chi connectivity index (χ1v) is 7.13. The van der Waals surface area contributed by atoms with Crippen LogP contribution in [0.15, 0.2) is 30.3 Å². The summed E-state index contributed by atoms with van der Waals surface area (Å²) in [5.74, 6) is 0.836. The van der Waals surface area contributed by atoms with Crippen LogP contribution in [0.5, 0.6) is 5.75 Å². The first-order valence-electron chi connectivity index (χ1n) is 7.13. The average molecular weight is 263 g/mol. The summed E-state index contributed by atoms with van der Waals surface area (Å²) in [6.45, 7) is 6.38. The summed E-state index contributed by atoms with van der Waals surface area (Å²) in [6, 6.07) is 9.86. The average Bonchev–Trinajstić information content (AvgIpc) is 2.34. The van der Waals surface area contributed by atoms with Crippen LogP contribution in [0.2, 0.25) is 0 Å². The summed E-state index contributed by atoms with van der Waals surface area (Å²) in [4.78, 5) is 0. The fourth-order valence-corrected chi connectivity index (χ4v) is 2.66. The number of aliphatic hydroxyl groups is 1. The summed E-state index contributed by atoms with van der Waals surface area (Å²) in [6.07, 6.45) is 2.44. The van der Waals surface area contributed by atoms with E-state index < -0.39 is 6.10 Å². The second kappa shape index (κ2) is 5.93. The van der Waals surface area contributed by atoms with Crippen LogP contribution in [0.25, 0.3) is 0 Å². The highest BCUT2D eigenvalue weighted by Crippen LogP contribution is 2.25. The highest BCUT2D eigenvalue weighted by Gasteiger charge is 2.34. The SMILES string of the molecule is CC(C)(C)N[C@H]1CCC[C@@H](Oc2ccccc2)[C@@H]1O. The highest BCUT2D eigenvalue weighted by atomic mass is 16.5. The van der Waals surface area contributed by atoms with Gasteiger partial charge in [0, 0.05) is 11.6 Å². The maximum absolute atomic E-state index is 10.5. The Labute approximate surface area is 116 Å². The molecule has 19 heavy (non-hydrogen) atoms. The van der Waals surface area contributed by atoms with Crippen LogP contribution in [0, 0.1) is 0 Å². The molecule has 3 nitrogen and oxygen atoms in total. The van der Waals surface area contributed by atoms with Crippen molar-refractivity contribution in [3.8, 4) is 5.75 Å². The number of benzene rings is 1. The Morgan fingerprint density at radius 2 is 1.84 bits per heavy atom. The van der Waals surface area contributed by atoms with Gasteiger partial charge in [0.1, 0.15) is 18.0 Å². The number of hydrogen-bond acceptors (Lipinski definition) is 3. The molecule has 0 aromatic heterocycles. The van der Waals surface area contributed by atoms with Gasteiger partial charge in [0.25, 0.3) is 0 Å². The first-order chi connectivity index (χ1) is 8.96. The lowest BCUT2D eigenvalue weighted by molar-refractivity contribution is -0.0210. The third-order valence-electron chi connectivity index (χ3n) is 3.45. The molecule has 0 radical (unpaired) electrons. The van der Waals surface area contributed by atoms with Gasteiger partial charge in [-0.1, -0.05) is 18.2 Å². The van der Waals surface area contributed by atoms with E-state index in [0.717, 1.165) is 25.0 Å². The summed E-state index contributed by atoms with van der Waals surface area (Å²) in [7, 11) is 0. The van der Waals surface area contributed by atoms with E-state index in [0.29, 0.717) is 0 Å². The first kappa shape index (κ1) is 14.4. The molecule has 1 aromatic rings. The van der Waals surface area contributed by atoms with E-state index in [-0.39, 0.29) is 17.7 Å². The lowest BCUT2D eigenvalue weighted by Gasteiger charge is -2.39. The number of ether oxygens (including phenoxy) is 1. The molecular formula is C16H25NO2. The van der Waals surface area contributed by atoms with Gasteiger partial charge < -0.3 is 15.2 Å². The van der Waals surface area contributed by atoms with E-state index in [2.05, 4.69) is 26.1 Å². The topological polar surface area (TPSA) is 41.5 Å². The second-order valence-corrected chi connectivity index (χ2v) is 6.39. The van der Waals surface area contributed by atoms with E-state index in [9.17, 15) is 5.11 Å². The monoisotopic (exact) mass is 263 g/mol. The Hall–Kier alpha value is -1.06. The van der Waals surface area contributed by atoms with E-state index in [1.165, 1.54) is 0 Å². The third-order valence-corrected chi connectivity index (χ3v) is 3.45. The molecule has 0 saturated heterocycles. The fourth-order valence-electron chi connectivity index (χ4n) is 2.66. The standard InChI is InChI=1S/C16H25NO2/c1-16(2,3)17-13-10-7-11-14(15(13)18)19-12-8-5-4-6-9-12/h4-6,8-9,13-15,17-18H,7,10-11H2,1-3H3/t13-,14+,15+/m0/s1. The molecule has 106 valence electrons. The fraction of sp³-hybridized carbons (Fsp3) is 0.625. The molecule has 0 spiro atoms. The maximum atomic E-state index is 10.5. The van der Waals surface area contributed by atoms with Crippen molar-refractivity contribution in [2.75, 3.05) is 0 Å². The normalized spacial score (nSPS) is 28.1. The zero-order valence-electron chi connectivity index (χ0n) is 12.1. The van der Waals surface area contributed by atoms with Crippen molar-refractivity contribution in [3.63, 3.8) is 0 Å². The molecule has 3 atom stereocenters. The summed E-state index contributed by atoms with van der Waals surface area (Å²) >= 11 is 0. The Bertz CT molecular complexity index is 385. The Kier molecular flexibility index (Phi) is 4.48. The number of rotatable bonds is 3. The largest absolute Gasteiger partial charge is 0.488 e. The molecular weight excluding hydrogens is 238 g/mol. The molecule has 2 rings (SSSR count). The van der Waals surface area contributed by atoms with Crippen LogP contribution in [0.4, 0.5) is 0 Å². The van der Waals surface area contributed by atoms with Crippen molar-refractivity contribution in [1.29, 1.82) is 0 Å². The molecule has 1 aliphatic carbocycles. The molecule has 2 N–H and O–H groups in total. The predicted octanol–water partition coefficient (Wildman–Crippen LogP) is 2.74. The second-order valence-electron chi connectivity index (χ2n) is 6.39. The molecule has 0 aliphatic heterocycles. The van der Waals surface area contributed by atoms with Gasteiger partial charge in [-0.05, 0) is 52.2 Å². The minimum absolute atomic E-state index is 0.0142. The van der Waals surface area contributed by atoms with E-state index >= 15 is 0 Å². The van der Waals surface area contributed by atoms with Gasteiger partial charge in [0.15, 0.2) is 0 Å². The van der Waals surface area contributed by atoms with Crippen molar-refractivity contribution in [2.45, 2.75) is 63.8 Å². The molecule has 1 fully saturated rings. The van der Waals surface area contributed by atoms with Crippen LogP contribution in [-0.4, -0.2) is 28.9 Å². The van der Waals surface area contributed by atoms with E-state index in [1.807, 2.05) is 30.3 Å². The zero-order valence-corrected chi connectivity index (χ0v) is 12.1. The Morgan fingerprint density at radius 1 is 1.16 bits per heavy atom. The number of nitrogens with one attached hydrogen (secondary N) is 1. The van der Waals surface area contributed by atoms with Crippen LogP contribution >= 0.6 is 0 Å². The van der Waals surface area contributed by atoms with Gasteiger partial charge in [-0.25, -0.2) is 0 Å². The zero-order chi connectivity index (χ0) is 13.9. The van der Waals surface area contributed by atoms with Crippen molar-refractivity contribution < 1.29 is 9.84 Å². The quantitative estimate of drug-likeness (QED) is 0.881. The van der Waals surface area contributed by atoms with Crippen molar-refractivity contribution in [2.24, 2.45) is 0 Å². The molecule has 1 aliphatic rings. The van der Waals surface area contributed by atoms with Gasteiger partial charge >= 0.3 is 0 Å². The number of para-hydroxylation sites is 1. The van der Waals surface area contributed by atoms with Gasteiger partial charge in [-0.3, -0.25) is 0 Å². The molecule has 1 aromatic carbocycles. The smallest absolute Gasteiger partial charge is 0.126 e. The predicted molar refractivity (Wildman–Crippen MR) is 77.4 cm³/mol. The lowest BCUT2D eigenvalue weighted by Crippen LogP contribution is -2.56. The summed E-state index contributed by atoms with van der Waals surface area (Å²) in [5, 5.41) is 14.0. The number of aliphatic hydroxyl groups excluding tert-OH is 1. The van der Waals surface area contributed by atoms with Crippen LogP contribution in [0.3, 0.4) is 0 Å². The minimum Gasteiger partial charge on any atom is -0.488 e.